The Hall–Kier alpha value is -3.15. The number of H-pyrrole nitrogens is 1. The summed E-state index contributed by atoms with van der Waals surface area (Å²) < 4.78 is 0. The molecular formula is C16H15N3O3. The molecule has 6 heteroatoms. The van der Waals surface area contributed by atoms with Crippen LogP contribution in [-0.4, -0.2) is 23.8 Å². The molecule has 112 valence electrons. The van der Waals surface area contributed by atoms with Gasteiger partial charge in [-0.25, -0.2) is 0 Å². The molecule has 6 nitrogen and oxygen atoms in total. The first kappa shape index (κ1) is 15.2. The van der Waals surface area contributed by atoms with Crippen LogP contribution in [0.4, 0.5) is 5.69 Å². The molecule has 22 heavy (non-hydrogen) atoms. The number of rotatable bonds is 4. The molecule has 0 radical (unpaired) electrons. The summed E-state index contributed by atoms with van der Waals surface area (Å²) in [6.45, 7) is 0. The van der Waals surface area contributed by atoms with Crippen molar-refractivity contribution in [2.45, 2.75) is 0 Å². The molecule has 1 aromatic heterocycles. The number of carbonyl (C=O) groups excluding carboxylic acids is 2. The lowest BCUT2D eigenvalue weighted by Crippen LogP contribution is -2.17. The molecule has 2 aromatic rings. The minimum absolute atomic E-state index is 0.170. The molecule has 0 aliphatic heterocycles. The van der Waals surface area contributed by atoms with E-state index in [4.69, 9.17) is 0 Å². The fourth-order valence-corrected chi connectivity index (χ4v) is 1.76. The van der Waals surface area contributed by atoms with Crippen LogP contribution in [0.3, 0.4) is 0 Å². The number of pyridine rings is 1. The fraction of sp³-hybridized carbons (Fsp3) is 0.0625. The Labute approximate surface area is 126 Å². The lowest BCUT2D eigenvalue weighted by atomic mass is 10.1. The van der Waals surface area contributed by atoms with Crippen molar-refractivity contribution in [3.63, 3.8) is 0 Å². The maximum atomic E-state index is 11.7. The van der Waals surface area contributed by atoms with E-state index in [1.54, 1.807) is 43.5 Å². The maximum Gasteiger partial charge on any atom is 0.271 e. The van der Waals surface area contributed by atoms with Gasteiger partial charge in [0.2, 0.25) is 5.91 Å². The molecule has 0 saturated carbocycles. The minimum Gasteiger partial charge on any atom is -0.355 e. The summed E-state index contributed by atoms with van der Waals surface area (Å²) in [5, 5.41) is 5.02. The summed E-state index contributed by atoms with van der Waals surface area (Å²) in [6, 6.07) is 9.92. The second-order valence-corrected chi connectivity index (χ2v) is 4.44. The standard InChI is InChI=1S/C16H15N3O3/c1-17-15(21)12-7-4-11(5-8-12)6-9-14(20)19-13-3-2-10-18-16(13)22/h2-10H,1H3,(H,17,21)(H,18,22)(H,19,20)/b9-6-. The Balaban J connectivity index is 2.02. The number of aromatic nitrogens is 1. The van der Waals surface area contributed by atoms with E-state index in [0.717, 1.165) is 5.56 Å². The summed E-state index contributed by atoms with van der Waals surface area (Å²) in [6.07, 6.45) is 4.41. The third-order valence-corrected chi connectivity index (χ3v) is 2.90. The number of anilines is 1. The highest BCUT2D eigenvalue weighted by atomic mass is 16.2. The van der Waals surface area contributed by atoms with E-state index in [-0.39, 0.29) is 17.2 Å². The monoisotopic (exact) mass is 297 g/mol. The van der Waals surface area contributed by atoms with Crippen molar-refractivity contribution < 1.29 is 9.59 Å². The molecule has 1 heterocycles. The van der Waals surface area contributed by atoms with Crippen LogP contribution in [0.15, 0.2) is 53.5 Å². The summed E-state index contributed by atoms with van der Waals surface area (Å²) in [5.41, 5.74) is 1.14. The first-order valence-electron chi connectivity index (χ1n) is 6.59. The van der Waals surface area contributed by atoms with E-state index in [2.05, 4.69) is 15.6 Å². The van der Waals surface area contributed by atoms with Crippen LogP contribution in [0.1, 0.15) is 15.9 Å². The van der Waals surface area contributed by atoms with Crippen molar-refractivity contribution in [1.29, 1.82) is 0 Å². The normalized spacial score (nSPS) is 10.4. The van der Waals surface area contributed by atoms with Crippen LogP contribution < -0.4 is 16.2 Å². The molecule has 2 amide bonds. The number of benzene rings is 1. The van der Waals surface area contributed by atoms with Crippen LogP contribution >= 0.6 is 0 Å². The van der Waals surface area contributed by atoms with Gasteiger partial charge in [-0.05, 0) is 35.9 Å². The first-order chi connectivity index (χ1) is 10.6. The van der Waals surface area contributed by atoms with Gasteiger partial charge in [0.15, 0.2) is 0 Å². The van der Waals surface area contributed by atoms with Crippen LogP contribution in [0.5, 0.6) is 0 Å². The topological polar surface area (TPSA) is 91.1 Å². The van der Waals surface area contributed by atoms with E-state index in [1.165, 1.54) is 18.3 Å². The van der Waals surface area contributed by atoms with E-state index in [0.29, 0.717) is 5.56 Å². The zero-order chi connectivity index (χ0) is 15.9. The molecule has 0 atom stereocenters. The lowest BCUT2D eigenvalue weighted by Gasteiger charge is -2.01. The van der Waals surface area contributed by atoms with Gasteiger partial charge in [0.25, 0.3) is 11.5 Å². The van der Waals surface area contributed by atoms with Gasteiger partial charge in [-0.1, -0.05) is 12.1 Å². The molecule has 0 saturated heterocycles. The van der Waals surface area contributed by atoms with Gasteiger partial charge in [0.05, 0.1) is 0 Å². The number of hydrogen-bond donors (Lipinski definition) is 3. The molecule has 0 fully saturated rings. The van der Waals surface area contributed by atoms with E-state index >= 15 is 0 Å². The smallest absolute Gasteiger partial charge is 0.271 e. The highest BCUT2D eigenvalue weighted by molar-refractivity contribution is 6.01. The molecule has 1 aromatic carbocycles. The van der Waals surface area contributed by atoms with Crippen LogP contribution in [0.2, 0.25) is 0 Å². The zero-order valence-corrected chi connectivity index (χ0v) is 11.9. The predicted octanol–water partition coefficient (Wildman–Crippen LogP) is 1.39. The summed E-state index contributed by atoms with van der Waals surface area (Å²) >= 11 is 0. The average Bonchev–Trinajstić information content (AvgIpc) is 2.55. The summed E-state index contributed by atoms with van der Waals surface area (Å²) in [7, 11) is 1.56. The minimum atomic E-state index is -0.410. The molecule has 0 unspecified atom stereocenters. The van der Waals surface area contributed by atoms with Gasteiger partial charge in [0.1, 0.15) is 5.69 Å². The molecular weight excluding hydrogens is 282 g/mol. The molecule has 3 N–H and O–H groups in total. The predicted molar refractivity (Wildman–Crippen MR) is 84.6 cm³/mol. The number of carbonyl (C=O) groups is 2. The molecule has 0 bridgehead atoms. The summed E-state index contributed by atoms with van der Waals surface area (Å²) in [5.74, 6) is -0.580. The molecule has 0 aliphatic carbocycles. The summed E-state index contributed by atoms with van der Waals surface area (Å²) in [4.78, 5) is 37.0. The van der Waals surface area contributed by atoms with Crippen molar-refractivity contribution in [2.75, 3.05) is 12.4 Å². The van der Waals surface area contributed by atoms with E-state index in [1.807, 2.05) is 0 Å². The van der Waals surface area contributed by atoms with Gasteiger partial charge in [-0.2, -0.15) is 0 Å². The molecule has 2 rings (SSSR count). The van der Waals surface area contributed by atoms with Gasteiger partial charge < -0.3 is 15.6 Å². The highest BCUT2D eigenvalue weighted by Gasteiger charge is 2.03. The Bertz CT molecular complexity index is 761. The van der Waals surface area contributed by atoms with Crippen molar-refractivity contribution >= 4 is 23.6 Å². The van der Waals surface area contributed by atoms with Gasteiger partial charge >= 0.3 is 0 Å². The van der Waals surface area contributed by atoms with Crippen molar-refractivity contribution in [3.8, 4) is 0 Å². The number of amides is 2. The van der Waals surface area contributed by atoms with Crippen LogP contribution in [0, 0.1) is 0 Å². The SMILES string of the molecule is CNC(=O)c1ccc(/C=C\C(=O)Nc2ccc[nH]c2=O)cc1. The largest absolute Gasteiger partial charge is 0.355 e. The van der Waals surface area contributed by atoms with E-state index in [9.17, 15) is 14.4 Å². The molecule has 0 spiro atoms. The van der Waals surface area contributed by atoms with Gasteiger partial charge in [-0.15, -0.1) is 0 Å². The number of nitrogens with one attached hydrogen (secondary N) is 3. The van der Waals surface area contributed by atoms with Gasteiger partial charge in [-0.3, -0.25) is 14.4 Å². The van der Waals surface area contributed by atoms with Crippen molar-refractivity contribution in [2.24, 2.45) is 0 Å². The third-order valence-electron chi connectivity index (χ3n) is 2.90. The highest BCUT2D eigenvalue weighted by Crippen LogP contribution is 2.06. The average molecular weight is 297 g/mol. The fourth-order valence-electron chi connectivity index (χ4n) is 1.76. The van der Waals surface area contributed by atoms with Crippen LogP contribution in [-0.2, 0) is 4.79 Å². The first-order valence-corrected chi connectivity index (χ1v) is 6.59. The second kappa shape index (κ2) is 7.03. The second-order valence-electron chi connectivity index (χ2n) is 4.44. The van der Waals surface area contributed by atoms with Gasteiger partial charge in [0, 0.05) is 24.9 Å². The zero-order valence-electron chi connectivity index (χ0n) is 11.9. The maximum absolute atomic E-state index is 11.7. The Morgan fingerprint density at radius 1 is 1.14 bits per heavy atom. The van der Waals surface area contributed by atoms with Crippen molar-refractivity contribution in [3.05, 3.63) is 70.2 Å². The van der Waals surface area contributed by atoms with Crippen LogP contribution in [0.25, 0.3) is 6.08 Å². The molecule has 0 aliphatic rings. The van der Waals surface area contributed by atoms with Crippen molar-refractivity contribution in [1.82, 2.24) is 10.3 Å². The lowest BCUT2D eigenvalue weighted by molar-refractivity contribution is -0.111. The number of hydrogen-bond acceptors (Lipinski definition) is 3. The Kier molecular flexibility index (Phi) is 4.87. The third kappa shape index (κ3) is 3.92. The Morgan fingerprint density at radius 3 is 2.50 bits per heavy atom. The van der Waals surface area contributed by atoms with E-state index < -0.39 is 5.91 Å². The Morgan fingerprint density at radius 2 is 1.86 bits per heavy atom. The number of aromatic amines is 1. The quantitative estimate of drug-likeness (QED) is 0.745.